The normalized spacial score (nSPS) is 10.6. The van der Waals surface area contributed by atoms with Crippen LogP contribution in [0.4, 0.5) is 14.5 Å². The van der Waals surface area contributed by atoms with Crippen molar-refractivity contribution in [3.63, 3.8) is 0 Å². The summed E-state index contributed by atoms with van der Waals surface area (Å²) in [6, 6.07) is 1.38. The van der Waals surface area contributed by atoms with Crippen LogP contribution in [0.2, 0.25) is 0 Å². The fourth-order valence-electron chi connectivity index (χ4n) is 1.69. The van der Waals surface area contributed by atoms with Gasteiger partial charge in [-0.25, -0.2) is 13.8 Å². The summed E-state index contributed by atoms with van der Waals surface area (Å²) in [5, 5.41) is 10.5. The third kappa shape index (κ3) is 1.94. The van der Waals surface area contributed by atoms with Crippen molar-refractivity contribution in [3.05, 3.63) is 52.1 Å². The molecule has 0 amide bonds. The smallest absolute Gasteiger partial charge is 0.275 e. The third-order valence-corrected chi connectivity index (χ3v) is 2.49. The second kappa shape index (κ2) is 4.52. The minimum Gasteiger partial charge on any atom is -0.298 e. The third-order valence-electron chi connectivity index (χ3n) is 2.49. The van der Waals surface area contributed by atoms with Gasteiger partial charge in [0.1, 0.15) is 11.5 Å². The van der Waals surface area contributed by atoms with Crippen LogP contribution < -0.4 is 0 Å². The molecule has 18 heavy (non-hydrogen) atoms. The molecule has 0 unspecified atom stereocenters. The van der Waals surface area contributed by atoms with Crippen LogP contribution in [0.25, 0.3) is 5.69 Å². The number of imidazole rings is 1. The SMILES string of the molecule is CCc1nccn1-c1c(F)cc([N+](=O)[O-])cc1F. The largest absolute Gasteiger partial charge is 0.298 e. The maximum atomic E-state index is 13.8. The van der Waals surface area contributed by atoms with Crippen molar-refractivity contribution >= 4 is 5.69 Å². The summed E-state index contributed by atoms with van der Waals surface area (Å²) in [7, 11) is 0. The van der Waals surface area contributed by atoms with Gasteiger partial charge in [0.05, 0.1) is 17.1 Å². The van der Waals surface area contributed by atoms with Gasteiger partial charge in [-0.05, 0) is 0 Å². The molecule has 2 rings (SSSR count). The van der Waals surface area contributed by atoms with E-state index in [4.69, 9.17) is 0 Å². The van der Waals surface area contributed by atoms with Gasteiger partial charge < -0.3 is 0 Å². The molecule has 0 atom stereocenters. The van der Waals surface area contributed by atoms with Gasteiger partial charge in [-0.2, -0.15) is 0 Å². The number of nitrogens with zero attached hydrogens (tertiary/aromatic N) is 3. The number of hydrogen-bond acceptors (Lipinski definition) is 3. The molecule has 0 aliphatic carbocycles. The number of hydrogen-bond donors (Lipinski definition) is 0. The Labute approximate surface area is 101 Å². The molecule has 0 radical (unpaired) electrons. The molecular weight excluding hydrogens is 244 g/mol. The Kier molecular flexibility index (Phi) is 3.05. The number of aromatic nitrogens is 2. The Balaban J connectivity index is 2.62. The zero-order valence-corrected chi connectivity index (χ0v) is 9.43. The van der Waals surface area contributed by atoms with Crippen LogP contribution in [-0.2, 0) is 6.42 Å². The van der Waals surface area contributed by atoms with Gasteiger partial charge >= 0.3 is 0 Å². The van der Waals surface area contributed by atoms with Gasteiger partial charge in [0.25, 0.3) is 5.69 Å². The maximum Gasteiger partial charge on any atom is 0.275 e. The molecule has 0 aliphatic heterocycles. The molecule has 0 fully saturated rings. The van der Waals surface area contributed by atoms with Gasteiger partial charge in [-0.1, -0.05) is 6.92 Å². The van der Waals surface area contributed by atoms with Gasteiger partial charge in [0.2, 0.25) is 0 Å². The van der Waals surface area contributed by atoms with Crippen LogP contribution >= 0.6 is 0 Å². The van der Waals surface area contributed by atoms with Gasteiger partial charge in [0, 0.05) is 18.8 Å². The lowest BCUT2D eigenvalue weighted by Gasteiger charge is -2.08. The highest BCUT2D eigenvalue weighted by molar-refractivity contribution is 5.44. The van der Waals surface area contributed by atoms with Gasteiger partial charge in [-0.15, -0.1) is 0 Å². The molecule has 2 aromatic rings. The highest BCUT2D eigenvalue weighted by atomic mass is 19.1. The molecule has 0 saturated carbocycles. The Morgan fingerprint density at radius 3 is 2.50 bits per heavy atom. The molecule has 94 valence electrons. The van der Waals surface area contributed by atoms with E-state index in [1.54, 1.807) is 6.92 Å². The average molecular weight is 253 g/mol. The topological polar surface area (TPSA) is 61.0 Å². The van der Waals surface area contributed by atoms with Crippen molar-refractivity contribution in [2.24, 2.45) is 0 Å². The monoisotopic (exact) mass is 253 g/mol. The molecule has 5 nitrogen and oxygen atoms in total. The van der Waals surface area contributed by atoms with E-state index in [0.29, 0.717) is 24.4 Å². The number of rotatable bonds is 3. The summed E-state index contributed by atoms with van der Waals surface area (Å²) < 4.78 is 28.8. The minimum atomic E-state index is -0.991. The second-order valence-electron chi connectivity index (χ2n) is 3.58. The van der Waals surface area contributed by atoms with E-state index >= 15 is 0 Å². The lowest BCUT2D eigenvalue weighted by molar-refractivity contribution is -0.385. The standard InChI is InChI=1S/C11H9F2N3O2/c1-2-10-14-3-4-15(10)11-8(12)5-7(16(17)18)6-9(11)13/h3-6H,2H2,1H3. The van der Waals surface area contributed by atoms with Crippen LogP contribution in [0.3, 0.4) is 0 Å². The minimum absolute atomic E-state index is 0.352. The Morgan fingerprint density at radius 2 is 2.00 bits per heavy atom. The van der Waals surface area contributed by atoms with Crippen molar-refractivity contribution in [1.82, 2.24) is 9.55 Å². The molecule has 1 aromatic heterocycles. The zero-order chi connectivity index (χ0) is 13.3. The number of benzene rings is 1. The van der Waals surface area contributed by atoms with E-state index in [-0.39, 0.29) is 5.69 Å². The summed E-state index contributed by atoms with van der Waals surface area (Å²) in [6.45, 7) is 1.79. The van der Waals surface area contributed by atoms with Gasteiger partial charge in [-0.3, -0.25) is 14.7 Å². The fraction of sp³-hybridized carbons (Fsp3) is 0.182. The molecule has 1 aromatic carbocycles. The van der Waals surface area contributed by atoms with E-state index in [0.717, 1.165) is 0 Å². The lowest BCUT2D eigenvalue weighted by Crippen LogP contribution is -2.05. The number of nitro benzene ring substituents is 1. The first-order valence-corrected chi connectivity index (χ1v) is 5.20. The van der Waals surface area contributed by atoms with Crippen LogP contribution in [-0.4, -0.2) is 14.5 Å². The van der Waals surface area contributed by atoms with Crippen molar-refractivity contribution in [3.8, 4) is 5.69 Å². The predicted octanol–water partition coefficient (Wildman–Crippen LogP) is 2.62. The number of halogens is 2. The lowest BCUT2D eigenvalue weighted by atomic mass is 10.2. The second-order valence-corrected chi connectivity index (χ2v) is 3.58. The van der Waals surface area contributed by atoms with Crippen LogP contribution in [0.1, 0.15) is 12.7 Å². The number of nitro groups is 1. The zero-order valence-electron chi connectivity index (χ0n) is 9.43. The van der Waals surface area contributed by atoms with Crippen molar-refractivity contribution in [2.75, 3.05) is 0 Å². The predicted molar refractivity (Wildman–Crippen MR) is 59.5 cm³/mol. The van der Waals surface area contributed by atoms with Gasteiger partial charge in [0.15, 0.2) is 11.6 Å². The maximum absolute atomic E-state index is 13.8. The Bertz CT molecular complexity index is 587. The number of aryl methyl sites for hydroxylation is 1. The highest BCUT2D eigenvalue weighted by Crippen LogP contribution is 2.24. The van der Waals surface area contributed by atoms with Crippen LogP contribution in [0.15, 0.2) is 24.5 Å². The van der Waals surface area contributed by atoms with E-state index in [1.807, 2.05) is 0 Å². The molecule has 0 saturated heterocycles. The molecule has 0 spiro atoms. The van der Waals surface area contributed by atoms with Crippen LogP contribution in [0, 0.1) is 21.7 Å². The van der Waals surface area contributed by atoms with E-state index < -0.39 is 22.2 Å². The first-order valence-electron chi connectivity index (χ1n) is 5.20. The summed E-state index contributed by atoms with van der Waals surface area (Å²) in [4.78, 5) is 13.6. The summed E-state index contributed by atoms with van der Waals surface area (Å²) in [5.41, 5.74) is -0.970. The van der Waals surface area contributed by atoms with Crippen molar-refractivity contribution in [2.45, 2.75) is 13.3 Å². The van der Waals surface area contributed by atoms with Crippen molar-refractivity contribution in [1.29, 1.82) is 0 Å². The highest BCUT2D eigenvalue weighted by Gasteiger charge is 2.19. The molecule has 7 heteroatoms. The first kappa shape index (κ1) is 12.2. The van der Waals surface area contributed by atoms with E-state index in [1.165, 1.54) is 17.0 Å². The van der Waals surface area contributed by atoms with E-state index in [9.17, 15) is 18.9 Å². The van der Waals surface area contributed by atoms with E-state index in [2.05, 4.69) is 4.98 Å². The molecular formula is C11H9F2N3O2. The Hall–Kier alpha value is -2.31. The molecule has 0 bridgehead atoms. The summed E-state index contributed by atoms with van der Waals surface area (Å²) >= 11 is 0. The number of non-ortho nitro benzene ring substituents is 1. The van der Waals surface area contributed by atoms with Crippen molar-refractivity contribution < 1.29 is 13.7 Å². The fourth-order valence-corrected chi connectivity index (χ4v) is 1.69. The van der Waals surface area contributed by atoms with Crippen LogP contribution in [0.5, 0.6) is 0 Å². The molecule has 0 N–H and O–H groups in total. The molecule has 0 aliphatic rings. The average Bonchev–Trinajstić information content (AvgIpc) is 2.76. The summed E-state index contributed by atoms with van der Waals surface area (Å²) in [5.74, 6) is -1.51. The molecule has 1 heterocycles. The first-order chi connectivity index (χ1) is 8.54. The Morgan fingerprint density at radius 1 is 1.39 bits per heavy atom. The quantitative estimate of drug-likeness (QED) is 0.624. The summed E-state index contributed by atoms with van der Waals surface area (Å²) in [6.07, 6.45) is 3.31.